The van der Waals surface area contributed by atoms with Crippen molar-refractivity contribution in [3.05, 3.63) is 77.1 Å². The van der Waals surface area contributed by atoms with Gasteiger partial charge in [0.1, 0.15) is 5.56 Å². The summed E-state index contributed by atoms with van der Waals surface area (Å²) >= 11 is 4.68. The Morgan fingerprint density at radius 3 is 2.77 bits per heavy atom. The van der Waals surface area contributed by atoms with Crippen molar-refractivity contribution in [3.8, 4) is 5.88 Å². The first kappa shape index (κ1) is 21.5. The van der Waals surface area contributed by atoms with E-state index in [1.165, 1.54) is 35.7 Å². The number of hydrogen-bond donors (Lipinski definition) is 2. The summed E-state index contributed by atoms with van der Waals surface area (Å²) in [6.45, 7) is 1.99. The van der Waals surface area contributed by atoms with E-state index < -0.39 is 0 Å². The van der Waals surface area contributed by atoms with E-state index in [1.807, 2.05) is 17.0 Å². The van der Waals surface area contributed by atoms with Gasteiger partial charge in [0.2, 0.25) is 0 Å². The number of carbonyl (C=O) groups excluding carboxylic acids is 1. The van der Waals surface area contributed by atoms with Crippen LogP contribution >= 0.6 is 12.6 Å². The highest BCUT2D eigenvalue weighted by atomic mass is 32.1. The standard InChI is InChI=1S/C24H27N3O3S/c1-30-23-10-9-19(15-27(23)29)24(28)26(16-21-22(31)11-13-25-21)14-12-18-7-4-6-17-5-2-3-8-20(17)18/h2-10,15,21-22,25,31H,11-14,16H2,1H3/t21-,22-/m0/s1. The highest BCUT2D eigenvalue weighted by Crippen LogP contribution is 2.21. The van der Waals surface area contributed by atoms with Crippen LogP contribution in [0.4, 0.5) is 0 Å². The van der Waals surface area contributed by atoms with Gasteiger partial charge in [0, 0.05) is 24.4 Å². The van der Waals surface area contributed by atoms with Crippen molar-refractivity contribution in [1.82, 2.24) is 10.2 Å². The van der Waals surface area contributed by atoms with Crippen LogP contribution in [-0.2, 0) is 6.42 Å². The number of methoxy groups -OCH3 is 1. The van der Waals surface area contributed by atoms with Crippen molar-refractivity contribution in [2.75, 3.05) is 26.7 Å². The maximum absolute atomic E-state index is 13.4. The molecule has 2 heterocycles. The minimum absolute atomic E-state index is 0.123. The summed E-state index contributed by atoms with van der Waals surface area (Å²) in [6.07, 6.45) is 2.99. The van der Waals surface area contributed by atoms with Crippen LogP contribution in [0.3, 0.4) is 0 Å². The maximum Gasteiger partial charge on any atom is 0.379 e. The van der Waals surface area contributed by atoms with Crippen LogP contribution in [0.2, 0.25) is 0 Å². The van der Waals surface area contributed by atoms with Crippen molar-refractivity contribution in [1.29, 1.82) is 0 Å². The molecule has 1 aromatic heterocycles. The van der Waals surface area contributed by atoms with E-state index in [0.717, 1.165) is 19.4 Å². The van der Waals surface area contributed by atoms with Crippen molar-refractivity contribution in [2.24, 2.45) is 0 Å². The Bertz CT molecular complexity index is 1070. The molecule has 162 valence electrons. The number of rotatable bonds is 7. The lowest BCUT2D eigenvalue weighted by Gasteiger charge is -2.27. The van der Waals surface area contributed by atoms with E-state index in [9.17, 15) is 10.0 Å². The summed E-state index contributed by atoms with van der Waals surface area (Å²) < 4.78 is 5.60. The van der Waals surface area contributed by atoms with E-state index in [0.29, 0.717) is 23.4 Å². The minimum Gasteiger partial charge on any atom is -0.616 e. The lowest BCUT2D eigenvalue weighted by atomic mass is 10.0. The molecule has 3 aromatic rings. The summed E-state index contributed by atoms with van der Waals surface area (Å²) in [6, 6.07) is 17.8. The second-order valence-corrected chi connectivity index (χ2v) is 8.51. The third-order valence-corrected chi connectivity index (χ3v) is 6.50. The van der Waals surface area contributed by atoms with E-state index in [2.05, 4.69) is 48.3 Å². The number of benzene rings is 2. The predicted octanol–water partition coefficient (Wildman–Crippen LogP) is 2.83. The number of thiol groups is 1. The number of hydrogen-bond acceptors (Lipinski definition) is 5. The number of nitrogens with one attached hydrogen (secondary N) is 1. The molecule has 2 aromatic carbocycles. The van der Waals surface area contributed by atoms with Gasteiger partial charge in [0.25, 0.3) is 5.91 Å². The number of pyridine rings is 1. The van der Waals surface area contributed by atoms with Gasteiger partial charge in [-0.2, -0.15) is 12.6 Å². The topological polar surface area (TPSA) is 68.5 Å². The summed E-state index contributed by atoms with van der Waals surface area (Å²) in [5.74, 6) is -0.00606. The zero-order valence-corrected chi connectivity index (χ0v) is 18.4. The van der Waals surface area contributed by atoms with Crippen molar-refractivity contribution >= 4 is 29.3 Å². The Balaban J connectivity index is 1.57. The van der Waals surface area contributed by atoms with Gasteiger partial charge in [-0.05, 0) is 41.8 Å². The first-order chi connectivity index (χ1) is 15.1. The number of aromatic nitrogens is 1. The zero-order chi connectivity index (χ0) is 21.8. The molecule has 1 fully saturated rings. The highest BCUT2D eigenvalue weighted by molar-refractivity contribution is 7.81. The Kier molecular flexibility index (Phi) is 6.63. The molecular formula is C24H27N3O3S. The molecule has 2 atom stereocenters. The number of ether oxygens (including phenoxy) is 1. The molecule has 4 rings (SSSR count). The molecule has 0 saturated carbocycles. The van der Waals surface area contributed by atoms with Crippen LogP contribution in [0.15, 0.2) is 60.8 Å². The normalized spacial score (nSPS) is 18.3. The van der Waals surface area contributed by atoms with Gasteiger partial charge >= 0.3 is 5.88 Å². The molecular weight excluding hydrogens is 410 g/mol. The molecule has 31 heavy (non-hydrogen) atoms. The van der Waals surface area contributed by atoms with Crippen LogP contribution in [0, 0.1) is 5.21 Å². The third kappa shape index (κ3) is 4.78. The lowest BCUT2D eigenvalue weighted by molar-refractivity contribution is -0.612. The van der Waals surface area contributed by atoms with Gasteiger partial charge in [-0.15, -0.1) is 4.73 Å². The van der Waals surface area contributed by atoms with Crippen LogP contribution < -0.4 is 14.8 Å². The first-order valence-corrected chi connectivity index (χ1v) is 11.0. The fourth-order valence-electron chi connectivity index (χ4n) is 4.15. The molecule has 1 amide bonds. The molecule has 0 unspecified atom stereocenters. The molecule has 0 bridgehead atoms. The second kappa shape index (κ2) is 9.58. The molecule has 1 aliphatic heterocycles. The van der Waals surface area contributed by atoms with Gasteiger partial charge in [-0.25, -0.2) is 0 Å². The lowest BCUT2D eigenvalue weighted by Crippen LogP contribution is -2.45. The number of nitrogens with zero attached hydrogens (tertiary/aromatic N) is 2. The van der Waals surface area contributed by atoms with Crippen molar-refractivity contribution in [2.45, 2.75) is 24.1 Å². The summed E-state index contributed by atoms with van der Waals surface area (Å²) in [7, 11) is 1.43. The zero-order valence-electron chi connectivity index (χ0n) is 17.5. The molecule has 1 aliphatic rings. The van der Waals surface area contributed by atoms with Gasteiger partial charge in [-0.1, -0.05) is 42.5 Å². The average Bonchev–Trinajstić information content (AvgIpc) is 3.20. The maximum atomic E-state index is 13.4. The quantitative estimate of drug-likeness (QED) is 0.339. The van der Waals surface area contributed by atoms with E-state index in [1.54, 1.807) is 6.07 Å². The third-order valence-electron chi connectivity index (χ3n) is 5.88. The fraction of sp³-hybridized carbons (Fsp3) is 0.333. The van der Waals surface area contributed by atoms with Crippen LogP contribution in [0.1, 0.15) is 22.3 Å². The number of amides is 1. The SMILES string of the molecule is COc1ccc(C(=O)N(CCc2cccc3ccccc23)C[C@@H]2NCC[C@@H]2S)c[n+]1[O-]. The number of carbonyl (C=O) groups is 1. The van der Waals surface area contributed by atoms with Crippen molar-refractivity contribution in [3.63, 3.8) is 0 Å². The van der Waals surface area contributed by atoms with Gasteiger partial charge in [0.05, 0.1) is 13.2 Å². The Morgan fingerprint density at radius 1 is 1.23 bits per heavy atom. The van der Waals surface area contributed by atoms with Gasteiger partial charge in [-0.3, -0.25) is 4.79 Å². The smallest absolute Gasteiger partial charge is 0.379 e. The van der Waals surface area contributed by atoms with Crippen LogP contribution in [0.25, 0.3) is 10.8 Å². The Morgan fingerprint density at radius 2 is 2.03 bits per heavy atom. The van der Waals surface area contributed by atoms with Crippen molar-refractivity contribution < 1.29 is 14.3 Å². The predicted molar refractivity (Wildman–Crippen MR) is 125 cm³/mol. The monoisotopic (exact) mass is 437 g/mol. The molecule has 6 nitrogen and oxygen atoms in total. The fourth-order valence-corrected chi connectivity index (χ4v) is 4.48. The highest BCUT2D eigenvalue weighted by Gasteiger charge is 2.29. The molecule has 1 saturated heterocycles. The Hall–Kier alpha value is -2.77. The Labute approximate surface area is 187 Å². The summed E-state index contributed by atoms with van der Waals surface area (Å²) in [4.78, 5) is 15.2. The first-order valence-electron chi connectivity index (χ1n) is 10.5. The van der Waals surface area contributed by atoms with Gasteiger partial charge in [0.15, 0.2) is 6.20 Å². The van der Waals surface area contributed by atoms with E-state index >= 15 is 0 Å². The average molecular weight is 438 g/mol. The molecule has 7 heteroatoms. The molecule has 0 spiro atoms. The van der Waals surface area contributed by atoms with Crippen LogP contribution in [0.5, 0.6) is 5.88 Å². The van der Waals surface area contributed by atoms with E-state index in [4.69, 9.17) is 4.74 Å². The van der Waals surface area contributed by atoms with Crippen LogP contribution in [-0.4, -0.2) is 48.8 Å². The summed E-state index contributed by atoms with van der Waals surface area (Å²) in [5.41, 5.74) is 1.55. The minimum atomic E-state index is -0.165. The molecule has 1 N–H and O–H groups in total. The molecule has 0 aliphatic carbocycles. The molecule has 0 radical (unpaired) electrons. The summed E-state index contributed by atoms with van der Waals surface area (Å²) in [5, 5.41) is 18.1. The van der Waals surface area contributed by atoms with E-state index in [-0.39, 0.29) is 23.1 Å². The van der Waals surface area contributed by atoms with Gasteiger partial charge < -0.3 is 20.2 Å². The largest absolute Gasteiger partial charge is 0.616 e. The second-order valence-electron chi connectivity index (χ2n) is 7.84. The number of fused-ring (bicyclic) bond motifs is 1.